The summed E-state index contributed by atoms with van der Waals surface area (Å²) in [5, 5.41) is 11.5. The van der Waals surface area contributed by atoms with E-state index in [0.29, 0.717) is 31.2 Å². The number of allylic oxidation sites excluding steroid dienone is 1. The molecule has 2 unspecified atom stereocenters. The van der Waals surface area contributed by atoms with Crippen molar-refractivity contribution in [3.63, 3.8) is 0 Å². The van der Waals surface area contributed by atoms with Crippen LogP contribution in [0.25, 0.3) is 11.2 Å². The maximum absolute atomic E-state index is 14.9. The van der Waals surface area contributed by atoms with E-state index >= 15 is 0 Å². The molecule has 1 N–H and O–H groups in total. The number of aromatic nitrogens is 5. The number of imidazole rings is 2. The molecule has 115 heavy (non-hydrogen) atoms. The molecule has 29 nitrogen and oxygen atoms in total. The molecule has 0 aliphatic carbocycles. The van der Waals surface area contributed by atoms with Gasteiger partial charge < -0.3 is 76.5 Å². The fourth-order valence-corrected chi connectivity index (χ4v) is 18.0. The second-order valence-electron chi connectivity index (χ2n) is 34.0. The lowest BCUT2D eigenvalue weighted by Gasteiger charge is -2.47. The number of ketones is 4. The van der Waals surface area contributed by atoms with E-state index in [1.54, 1.807) is 109 Å². The zero-order chi connectivity index (χ0) is 85.3. The lowest BCUT2D eigenvalue weighted by atomic mass is 9.72. The van der Waals surface area contributed by atoms with Gasteiger partial charge >= 0.3 is 30.1 Å². The first kappa shape index (κ1) is 92.8. The minimum Gasteiger partial charge on any atom is -0.457 e. The SMILES string of the molecule is CC[C@H]1OC(=O)[C@H](C)C(=O)[C@H](C)[C@@H](OC2O[C@H](C)C[C@H](N(C)C)[C@H]2O)[C@@](C)(OC)C[C@@H](C)C(=O)[C@H](C)[C@H]2N(CCCC(C)(C)n3cnc4cccnc43)C(=O)O[C@]12CC.CC[C@H]1OC(=O)[C@H](C)C(=O)[C@H](C)[C@@H](OC2O[C@H](C)C[C@H](N(C)C)[C@H]2OC(=O)c2ccccc2)[C@@](C)(OC)C[C@@H](C)C(=O)/C(C)=C/[C@]1(CC)OC(=O)n1ccnc1. The second-order valence-corrected chi connectivity index (χ2v) is 34.0. The highest BCUT2D eigenvalue weighted by Gasteiger charge is 2.63. The molecular formula is C86H128N8O21. The smallest absolute Gasteiger partial charge is 0.420 e. The van der Waals surface area contributed by atoms with Crippen LogP contribution in [-0.4, -0.2) is 248 Å². The molecule has 29 heteroatoms. The maximum Gasteiger partial charge on any atom is 0.420 e. The average molecular weight is 1610 g/mol. The molecule has 638 valence electrons. The molecule has 3 aromatic heterocycles. The van der Waals surface area contributed by atoms with Crippen LogP contribution >= 0.6 is 0 Å². The molecule has 0 radical (unpaired) electrons. The molecule has 24 atom stereocenters. The molecule has 8 heterocycles. The number of benzene rings is 1. The zero-order valence-electron chi connectivity index (χ0n) is 72.0. The number of carbonyl (C=O) groups excluding carboxylic acids is 9. The van der Waals surface area contributed by atoms with Gasteiger partial charge in [0.1, 0.15) is 47.8 Å². The quantitative estimate of drug-likeness (QED) is 0.0488. The molecule has 4 fully saturated rings. The molecule has 1 amide bonds. The summed E-state index contributed by atoms with van der Waals surface area (Å²) in [4.78, 5) is 146. The summed E-state index contributed by atoms with van der Waals surface area (Å²) in [6, 6.07) is 10.9. The molecule has 4 aromatic rings. The minimum absolute atomic E-state index is 0.0770. The summed E-state index contributed by atoms with van der Waals surface area (Å²) < 4.78 is 72.5. The van der Waals surface area contributed by atoms with Crippen molar-refractivity contribution in [2.45, 2.75) is 296 Å². The third-order valence-corrected chi connectivity index (χ3v) is 24.9. The van der Waals surface area contributed by atoms with E-state index in [-0.39, 0.29) is 86.5 Å². The van der Waals surface area contributed by atoms with Crippen molar-refractivity contribution in [3.8, 4) is 0 Å². The molecule has 9 rings (SSSR count). The van der Waals surface area contributed by atoms with Crippen LogP contribution < -0.4 is 0 Å². The number of aliphatic hydroxyl groups is 1. The first-order valence-electron chi connectivity index (χ1n) is 40.8. The van der Waals surface area contributed by atoms with Gasteiger partial charge in [0.2, 0.25) is 0 Å². The van der Waals surface area contributed by atoms with Gasteiger partial charge in [0.15, 0.2) is 52.9 Å². The summed E-state index contributed by atoms with van der Waals surface area (Å²) in [5.41, 5.74) is -3.77. The average Bonchev–Trinajstić information content (AvgIpc) is 1.60. The molecule has 5 aliphatic heterocycles. The van der Waals surface area contributed by atoms with E-state index in [9.17, 15) is 48.3 Å². The van der Waals surface area contributed by atoms with Crippen molar-refractivity contribution in [2.75, 3.05) is 49.0 Å². The largest absolute Gasteiger partial charge is 0.457 e. The van der Waals surface area contributed by atoms with Crippen molar-refractivity contribution in [1.29, 1.82) is 0 Å². The Labute approximate surface area is 678 Å². The van der Waals surface area contributed by atoms with Crippen LogP contribution in [0, 0.1) is 41.4 Å². The Morgan fingerprint density at radius 2 is 1.23 bits per heavy atom. The number of rotatable bonds is 20. The number of pyridine rings is 1. The van der Waals surface area contributed by atoms with E-state index in [1.165, 1.54) is 46.8 Å². The van der Waals surface area contributed by atoms with Gasteiger partial charge in [0.25, 0.3) is 0 Å². The predicted molar refractivity (Wildman–Crippen MR) is 426 cm³/mol. The Bertz CT molecular complexity index is 4040. The van der Waals surface area contributed by atoms with Crippen molar-refractivity contribution in [3.05, 3.63) is 90.9 Å². The molecule has 1 aromatic carbocycles. The Morgan fingerprint density at radius 1 is 0.670 bits per heavy atom. The normalized spacial score (nSPS) is 35.7. The highest BCUT2D eigenvalue weighted by molar-refractivity contribution is 6.01. The number of esters is 3. The highest BCUT2D eigenvalue weighted by Crippen LogP contribution is 2.47. The lowest BCUT2D eigenvalue weighted by Crippen LogP contribution is -2.61. The summed E-state index contributed by atoms with van der Waals surface area (Å²) in [5.74, 6) is -10.2. The number of fused-ring (bicyclic) bond motifs is 2. The van der Waals surface area contributed by atoms with E-state index in [2.05, 4.69) is 28.8 Å². The van der Waals surface area contributed by atoms with Crippen molar-refractivity contribution < 1.29 is 100 Å². The van der Waals surface area contributed by atoms with Crippen LogP contribution in [0.1, 0.15) is 199 Å². The van der Waals surface area contributed by atoms with Gasteiger partial charge in [-0.25, -0.2) is 33.9 Å². The van der Waals surface area contributed by atoms with E-state index < -0.39 is 166 Å². The molecule has 5 aliphatic rings. The number of amides is 1. The Kier molecular flexibility index (Phi) is 31.3. The summed E-state index contributed by atoms with van der Waals surface area (Å²) in [6.07, 6.45) is 2.18. The Morgan fingerprint density at radius 3 is 1.77 bits per heavy atom. The number of hydrogen-bond donors (Lipinski definition) is 1. The number of Topliss-reactive ketones (excluding diaryl/α,β-unsaturated/α-hetero) is 4. The van der Waals surface area contributed by atoms with Gasteiger partial charge in [-0.05, 0) is 191 Å². The summed E-state index contributed by atoms with van der Waals surface area (Å²) in [7, 11) is 10.5. The number of nitrogens with zero attached hydrogens (tertiary/aromatic N) is 8. The third kappa shape index (κ3) is 20.2. The van der Waals surface area contributed by atoms with Gasteiger partial charge in [-0.3, -0.25) is 28.8 Å². The molecule has 0 bridgehead atoms. The zero-order valence-corrected chi connectivity index (χ0v) is 72.0. The van der Waals surface area contributed by atoms with Crippen LogP contribution in [0.5, 0.6) is 0 Å². The Hall–Kier alpha value is -7.74. The van der Waals surface area contributed by atoms with Crippen LogP contribution in [-0.2, 0) is 86.4 Å². The molecule has 0 spiro atoms. The summed E-state index contributed by atoms with van der Waals surface area (Å²) in [6.45, 7) is 32.3. The first-order valence-corrected chi connectivity index (χ1v) is 40.8. The third-order valence-electron chi connectivity index (χ3n) is 24.9. The van der Waals surface area contributed by atoms with Gasteiger partial charge in [0, 0.05) is 80.5 Å². The van der Waals surface area contributed by atoms with Gasteiger partial charge in [0.05, 0.1) is 59.6 Å². The number of likely N-dealkylation sites (N-methyl/N-ethyl adjacent to an activating group) is 2. The van der Waals surface area contributed by atoms with Crippen molar-refractivity contribution in [1.82, 2.24) is 38.8 Å². The van der Waals surface area contributed by atoms with Crippen LogP contribution in [0.3, 0.4) is 0 Å². The highest BCUT2D eigenvalue weighted by atomic mass is 16.7. The number of carbonyl (C=O) groups is 9. The van der Waals surface area contributed by atoms with Crippen molar-refractivity contribution >= 4 is 64.4 Å². The van der Waals surface area contributed by atoms with Gasteiger partial charge in [-0.15, -0.1) is 0 Å². The van der Waals surface area contributed by atoms with E-state index in [1.807, 2.05) is 96.2 Å². The first-order chi connectivity index (χ1) is 54.1. The molecular weight excluding hydrogens is 1480 g/mol. The Balaban J connectivity index is 0.000000288. The van der Waals surface area contributed by atoms with Crippen LogP contribution in [0.15, 0.2) is 85.4 Å². The monoisotopic (exact) mass is 1610 g/mol. The number of hydrogen-bond acceptors (Lipinski definition) is 26. The fraction of sp³-hybridized carbons (Fsp3) is 0.698. The maximum atomic E-state index is 14.9. The minimum atomic E-state index is -1.57. The standard InChI is InChI=1S/C44H69N5O10.C42H59N3O11/c1-14-32-44(15-2)36(48(41(54)59-44)21-17-19-42(8,9)49-24-46-30-18-16-20-45-38(30)49)27(5)33(50)25(3)23-43(10,55-13)37(28(6)34(51)29(7)39(53)57-32)58-40-35(52)31(47(11)12)22-26(4)56-40;1-12-32-42(13-2,56-40(50)45-20-19-43-24-45)23-26(4)33(46)25(3)22-41(8,51-11)36(28(6)34(47)29(7)37(48)53-32)55-39-35(31(44(9)10)21-27(5)52-39)54-38(49)30-17-15-14-16-18-30/h16,18,20,24-29,31-32,35-37,40,52H,14-15,17,19,21-23H2,1-13H3;14-20,23-25,27-29,31-32,35-36,39H,12-13,21-22H2,1-11H3/b;26-23+/t25-,26-,27+,28+,29-,31+,32-,35-,36-,37-,40?,43+,44-;25-,27-,28+,29-,31+,32-,35-,36-,39?,41+,42+/m11/s1. The molecule has 0 saturated carbocycles. The van der Waals surface area contributed by atoms with Crippen molar-refractivity contribution in [2.24, 2.45) is 41.4 Å². The van der Waals surface area contributed by atoms with E-state index in [0.717, 1.165) is 15.7 Å². The number of cyclic esters (lactones) is 2. The lowest BCUT2D eigenvalue weighted by molar-refractivity contribution is -0.295. The van der Waals surface area contributed by atoms with E-state index in [4.69, 9.17) is 52.1 Å². The van der Waals surface area contributed by atoms with Gasteiger partial charge in [-0.2, -0.15) is 0 Å². The number of methoxy groups -OCH3 is 2. The number of aliphatic hydroxyl groups excluding tert-OH is 1. The predicted octanol–water partition coefficient (Wildman–Crippen LogP) is 11.4. The second kappa shape index (κ2) is 38.8. The van der Waals surface area contributed by atoms with Crippen LogP contribution in [0.2, 0.25) is 0 Å². The van der Waals surface area contributed by atoms with Crippen LogP contribution in [0.4, 0.5) is 9.59 Å². The molecule has 4 saturated heterocycles. The summed E-state index contributed by atoms with van der Waals surface area (Å²) >= 11 is 0. The number of ether oxygens (including phenoxy) is 11. The fourth-order valence-electron chi connectivity index (χ4n) is 18.0. The van der Waals surface area contributed by atoms with Gasteiger partial charge in [-0.1, -0.05) is 80.5 Å². The topological polar surface area (TPSA) is 334 Å².